The Morgan fingerprint density at radius 1 is 1.82 bits per heavy atom. The van der Waals surface area contributed by atoms with Crippen LogP contribution in [0.3, 0.4) is 0 Å². The lowest BCUT2D eigenvalue weighted by Crippen LogP contribution is -2.28. The molecule has 62 valence electrons. The highest BCUT2D eigenvalue weighted by Gasteiger charge is 2.11. The van der Waals surface area contributed by atoms with Crippen molar-refractivity contribution in [1.29, 1.82) is 0 Å². The molecule has 0 aromatic rings. The summed E-state index contributed by atoms with van der Waals surface area (Å²) in [6.45, 7) is 0.967. The van der Waals surface area contributed by atoms with Gasteiger partial charge in [-0.05, 0) is 0 Å². The zero-order valence-corrected chi connectivity index (χ0v) is 8.07. The SMILES string of the molecule is FC1=C(Cl)N=CN(CCBr)C1. The van der Waals surface area contributed by atoms with E-state index in [2.05, 4.69) is 20.9 Å². The Hall–Kier alpha value is -0.0900. The van der Waals surface area contributed by atoms with Crippen LogP contribution in [0.25, 0.3) is 0 Å². The maximum absolute atomic E-state index is 12.7. The first-order chi connectivity index (χ1) is 5.24. The molecule has 1 rings (SSSR count). The van der Waals surface area contributed by atoms with Crippen LogP contribution >= 0.6 is 27.5 Å². The highest BCUT2D eigenvalue weighted by Crippen LogP contribution is 2.16. The molecule has 1 aliphatic rings. The Morgan fingerprint density at radius 3 is 3.09 bits per heavy atom. The molecule has 0 saturated heterocycles. The Morgan fingerprint density at radius 2 is 2.55 bits per heavy atom. The minimum atomic E-state index is -0.366. The predicted octanol–water partition coefficient (Wildman–Crippen LogP) is 2.10. The van der Waals surface area contributed by atoms with Gasteiger partial charge in [0, 0.05) is 11.9 Å². The van der Waals surface area contributed by atoms with Crippen LogP contribution in [-0.4, -0.2) is 29.7 Å². The number of nitrogens with zero attached hydrogens (tertiary/aromatic N) is 2. The third kappa shape index (κ3) is 2.45. The van der Waals surface area contributed by atoms with Crippen molar-refractivity contribution in [2.75, 3.05) is 18.4 Å². The first kappa shape index (κ1) is 9.00. The highest BCUT2D eigenvalue weighted by atomic mass is 79.9. The number of hydrogen-bond donors (Lipinski definition) is 0. The van der Waals surface area contributed by atoms with E-state index in [0.29, 0.717) is 0 Å². The molecule has 0 spiro atoms. The van der Waals surface area contributed by atoms with Gasteiger partial charge in [-0.15, -0.1) is 0 Å². The van der Waals surface area contributed by atoms with Gasteiger partial charge in [-0.25, -0.2) is 9.38 Å². The van der Waals surface area contributed by atoms with E-state index in [9.17, 15) is 4.39 Å². The number of alkyl halides is 1. The molecule has 0 aromatic heterocycles. The molecular weight excluding hydrogens is 234 g/mol. The van der Waals surface area contributed by atoms with Crippen molar-refractivity contribution in [3.05, 3.63) is 11.0 Å². The maximum atomic E-state index is 12.7. The molecule has 0 atom stereocenters. The quantitative estimate of drug-likeness (QED) is 0.534. The monoisotopic (exact) mass is 240 g/mol. The lowest BCUT2D eigenvalue weighted by molar-refractivity contribution is 0.429. The molecule has 0 fully saturated rings. The van der Waals surface area contributed by atoms with Crippen LogP contribution in [0, 0.1) is 0 Å². The van der Waals surface area contributed by atoms with Crippen LogP contribution in [0.15, 0.2) is 16.0 Å². The Kier molecular flexibility index (Phi) is 3.33. The van der Waals surface area contributed by atoms with Crippen LogP contribution in [0.4, 0.5) is 4.39 Å². The van der Waals surface area contributed by atoms with Crippen molar-refractivity contribution >= 4 is 33.9 Å². The lowest BCUT2D eigenvalue weighted by atomic mass is 10.4. The average molecular weight is 241 g/mol. The molecule has 2 nitrogen and oxygen atoms in total. The molecule has 0 radical (unpaired) electrons. The second kappa shape index (κ2) is 4.07. The summed E-state index contributed by atoms with van der Waals surface area (Å²) < 4.78 is 12.7. The van der Waals surface area contributed by atoms with Gasteiger partial charge in [0.15, 0.2) is 11.0 Å². The third-order valence-electron chi connectivity index (χ3n) is 1.27. The summed E-state index contributed by atoms with van der Waals surface area (Å²) >= 11 is 8.65. The summed E-state index contributed by atoms with van der Waals surface area (Å²) in [5.74, 6) is -0.366. The minimum Gasteiger partial charge on any atom is -0.355 e. The minimum absolute atomic E-state index is 0.0316. The second-order valence-corrected chi connectivity index (χ2v) is 3.25. The van der Waals surface area contributed by atoms with Gasteiger partial charge >= 0.3 is 0 Å². The lowest BCUT2D eigenvalue weighted by Gasteiger charge is -2.19. The molecule has 1 aliphatic heterocycles. The molecule has 0 amide bonds. The molecule has 11 heavy (non-hydrogen) atoms. The third-order valence-corrected chi connectivity index (χ3v) is 1.93. The summed E-state index contributed by atoms with van der Waals surface area (Å²) in [7, 11) is 0. The Bertz CT molecular complexity index is 205. The van der Waals surface area contributed by atoms with Crippen molar-refractivity contribution in [3.63, 3.8) is 0 Å². The first-order valence-electron chi connectivity index (χ1n) is 3.12. The normalized spacial score (nSPS) is 17.9. The van der Waals surface area contributed by atoms with Crippen molar-refractivity contribution in [3.8, 4) is 0 Å². The summed E-state index contributed by atoms with van der Waals surface area (Å²) in [6, 6.07) is 0. The van der Waals surface area contributed by atoms with E-state index in [0.717, 1.165) is 11.9 Å². The second-order valence-electron chi connectivity index (χ2n) is 2.10. The van der Waals surface area contributed by atoms with E-state index in [1.165, 1.54) is 0 Å². The standard InChI is InChI=1S/C6H7BrClFN2/c7-1-2-11-3-5(9)6(8)10-4-11/h4H,1-3H2. The zero-order chi connectivity index (χ0) is 8.27. The van der Waals surface area contributed by atoms with Gasteiger partial charge in [-0.3, -0.25) is 0 Å². The molecular formula is C6H7BrClFN2. The van der Waals surface area contributed by atoms with E-state index < -0.39 is 0 Å². The van der Waals surface area contributed by atoms with E-state index in [-0.39, 0.29) is 17.5 Å². The van der Waals surface area contributed by atoms with Crippen LogP contribution in [0.1, 0.15) is 0 Å². The van der Waals surface area contributed by atoms with E-state index in [4.69, 9.17) is 11.6 Å². The van der Waals surface area contributed by atoms with Gasteiger partial charge in [-0.1, -0.05) is 27.5 Å². The zero-order valence-electron chi connectivity index (χ0n) is 5.73. The molecule has 1 heterocycles. The number of rotatable bonds is 2. The topological polar surface area (TPSA) is 15.6 Å². The van der Waals surface area contributed by atoms with Crippen LogP contribution < -0.4 is 0 Å². The summed E-state index contributed by atoms with van der Waals surface area (Å²) in [4.78, 5) is 5.41. The van der Waals surface area contributed by atoms with Crippen LogP contribution in [0.2, 0.25) is 0 Å². The van der Waals surface area contributed by atoms with Crippen LogP contribution in [-0.2, 0) is 0 Å². The van der Waals surface area contributed by atoms with Gasteiger partial charge in [0.2, 0.25) is 0 Å². The molecule has 0 aliphatic carbocycles. The van der Waals surface area contributed by atoms with Crippen molar-refractivity contribution in [1.82, 2.24) is 4.90 Å². The Labute approximate surface area is 77.9 Å². The van der Waals surface area contributed by atoms with Gasteiger partial charge in [-0.2, -0.15) is 0 Å². The number of halogens is 3. The molecule has 0 N–H and O–H groups in total. The highest BCUT2D eigenvalue weighted by molar-refractivity contribution is 9.09. The predicted molar refractivity (Wildman–Crippen MR) is 47.8 cm³/mol. The molecule has 0 bridgehead atoms. The van der Waals surface area contributed by atoms with Gasteiger partial charge in [0.05, 0.1) is 12.9 Å². The smallest absolute Gasteiger partial charge is 0.164 e. The largest absolute Gasteiger partial charge is 0.355 e. The molecule has 0 saturated carbocycles. The average Bonchev–Trinajstić information content (AvgIpc) is 1.98. The van der Waals surface area contributed by atoms with E-state index >= 15 is 0 Å². The van der Waals surface area contributed by atoms with Gasteiger partial charge in [0.25, 0.3) is 0 Å². The van der Waals surface area contributed by atoms with Gasteiger partial charge in [0.1, 0.15) is 0 Å². The van der Waals surface area contributed by atoms with Gasteiger partial charge < -0.3 is 4.90 Å². The molecule has 5 heteroatoms. The van der Waals surface area contributed by atoms with Crippen molar-refractivity contribution < 1.29 is 4.39 Å². The van der Waals surface area contributed by atoms with E-state index in [1.54, 1.807) is 11.2 Å². The van der Waals surface area contributed by atoms with Crippen molar-refractivity contribution in [2.45, 2.75) is 0 Å². The fraction of sp³-hybridized carbons (Fsp3) is 0.500. The number of hydrogen-bond acceptors (Lipinski definition) is 2. The van der Waals surface area contributed by atoms with Crippen LogP contribution in [0.5, 0.6) is 0 Å². The summed E-state index contributed by atoms with van der Waals surface area (Å²) in [5.41, 5.74) is 0. The summed E-state index contributed by atoms with van der Waals surface area (Å²) in [6.07, 6.45) is 1.55. The molecule has 0 unspecified atom stereocenters. The molecule has 0 aromatic carbocycles. The summed E-state index contributed by atoms with van der Waals surface area (Å²) in [5, 5.41) is 0.764. The first-order valence-corrected chi connectivity index (χ1v) is 4.62. The number of aliphatic imine (C=N–C) groups is 1. The fourth-order valence-corrected chi connectivity index (χ4v) is 1.29. The van der Waals surface area contributed by atoms with E-state index in [1.807, 2.05) is 0 Å². The van der Waals surface area contributed by atoms with Crippen molar-refractivity contribution in [2.24, 2.45) is 4.99 Å². The maximum Gasteiger partial charge on any atom is 0.164 e. The fourth-order valence-electron chi connectivity index (χ4n) is 0.732. The Balaban J connectivity index is 2.52.